The molecule has 0 aromatic carbocycles. The molecule has 0 amide bonds. The second-order valence-electron chi connectivity index (χ2n) is 4.57. The van der Waals surface area contributed by atoms with Gasteiger partial charge in [-0.15, -0.1) is 0 Å². The van der Waals surface area contributed by atoms with E-state index in [1.807, 2.05) is 22.9 Å². The van der Waals surface area contributed by atoms with Crippen molar-refractivity contribution in [1.82, 2.24) is 20.2 Å². The van der Waals surface area contributed by atoms with Gasteiger partial charge < -0.3 is 4.74 Å². The number of nitrogens with one attached hydrogen (secondary N) is 1. The molecule has 0 radical (unpaired) electrons. The molecule has 0 aliphatic heterocycles. The summed E-state index contributed by atoms with van der Waals surface area (Å²) in [6, 6.07) is 5.76. The molecule has 1 unspecified atom stereocenters. The summed E-state index contributed by atoms with van der Waals surface area (Å²) in [5, 5.41) is 4.36. The summed E-state index contributed by atoms with van der Waals surface area (Å²) in [6.07, 6.45) is 5.19. The van der Waals surface area contributed by atoms with E-state index in [1.165, 1.54) is 0 Å². The van der Waals surface area contributed by atoms with Gasteiger partial charge >= 0.3 is 0 Å². The first-order chi connectivity index (χ1) is 9.80. The van der Waals surface area contributed by atoms with Gasteiger partial charge in [-0.25, -0.2) is 0 Å². The molecular weight excluding hydrogens is 254 g/mol. The Hall–Kier alpha value is -1.92. The Morgan fingerprint density at radius 1 is 1.45 bits per heavy atom. The van der Waals surface area contributed by atoms with Crippen LogP contribution in [0.1, 0.15) is 30.8 Å². The molecule has 2 aromatic heterocycles. The van der Waals surface area contributed by atoms with E-state index in [9.17, 15) is 0 Å². The highest BCUT2D eigenvalue weighted by Gasteiger charge is 2.21. The molecular formula is C14H21N5O. The number of hydrogen-bond donors (Lipinski definition) is 2. The summed E-state index contributed by atoms with van der Waals surface area (Å²) >= 11 is 0. The molecule has 2 rings (SSSR count). The summed E-state index contributed by atoms with van der Waals surface area (Å²) in [7, 11) is 1.64. The third kappa shape index (κ3) is 3.15. The maximum atomic E-state index is 5.73. The van der Waals surface area contributed by atoms with Crippen molar-refractivity contribution in [2.45, 2.75) is 32.4 Å². The molecule has 3 N–H and O–H groups in total. The molecule has 2 heterocycles. The second-order valence-corrected chi connectivity index (χ2v) is 4.57. The average Bonchev–Trinajstić information content (AvgIpc) is 2.89. The van der Waals surface area contributed by atoms with Crippen molar-refractivity contribution < 1.29 is 4.74 Å². The van der Waals surface area contributed by atoms with Gasteiger partial charge in [-0.05, 0) is 18.6 Å². The van der Waals surface area contributed by atoms with E-state index in [0.717, 1.165) is 30.1 Å². The van der Waals surface area contributed by atoms with Crippen LogP contribution in [0.25, 0.3) is 0 Å². The number of hydrogen-bond acceptors (Lipinski definition) is 5. The van der Waals surface area contributed by atoms with Gasteiger partial charge in [0.05, 0.1) is 25.0 Å². The van der Waals surface area contributed by atoms with Gasteiger partial charge in [0.25, 0.3) is 0 Å². The molecule has 0 aliphatic rings. The fourth-order valence-corrected chi connectivity index (χ4v) is 2.24. The predicted molar refractivity (Wildman–Crippen MR) is 77.1 cm³/mol. The fourth-order valence-electron chi connectivity index (χ4n) is 2.24. The first kappa shape index (κ1) is 14.5. The van der Waals surface area contributed by atoms with Crippen LogP contribution in [0.4, 0.5) is 0 Å². The van der Waals surface area contributed by atoms with Crippen molar-refractivity contribution in [2.75, 3.05) is 7.11 Å². The number of rotatable bonds is 7. The van der Waals surface area contributed by atoms with Gasteiger partial charge in [-0.1, -0.05) is 13.0 Å². The number of hydrazine groups is 1. The van der Waals surface area contributed by atoms with Crippen LogP contribution in [0.15, 0.2) is 30.6 Å². The molecule has 0 aliphatic carbocycles. The summed E-state index contributed by atoms with van der Waals surface area (Å²) in [5.74, 6) is 6.47. The fraction of sp³-hybridized carbons (Fsp3) is 0.429. The van der Waals surface area contributed by atoms with Gasteiger partial charge in [0.2, 0.25) is 0 Å². The van der Waals surface area contributed by atoms with Gasteiger partial charge in [0, 0.05) is 24.9 Å². The van der Waals surface area contributed by atoms with Crippen LogP contribution < -0.4 is 16.0 Å². The molecule has 0 spiro atoms. The Kier molecular flexibility index (Phi) is 5.09. The van der Waals surface area contributed by atoms with Gasteiger partial charge in [0.1, 0.15) is 0 Å². The SMILES string of the molecule is CCCn1ncc(OC)c1C(Cc1ccccn1)NN. The van der Waals surface area contributed by atoms with Gasteiger partial charge in [0.15, 0.2) is 5.75 Å². The first-order valence-corrected chi connectivity index (χ1v) is 6.75. The van der Waals surface area contributed by atoms with Crippen molar-refractivity contribution in [3.05, 3.63) is 42.0 Å². The molecule has 6 heteroatoms. The van der Waals surface area contributed by atoms with Crippen LogP contribution in [0, 0.1) is 0 Å². The van der Waals surface area contributed by atoms with Crippen LogP contribution in [-0.4, -0.2) is 21.9 Å². The highest BCUT2D eigenvalue weighted by Crippen LogP contribution is 2.26. The van der Waals surface area contributed by atoms with Crippen molar-refractivity contribution >= 4 is 0 Å². The van der Waals surface area contributed by atoms with E-state index >= 15 is 0 Å². The standard InChI is InChI=1S/C14H21N5O/c1-3-8-19-14(13(20-2)10-17-19)12(18-15)9-11-6-4-5-7-16-11/h4-7,10,12,18H,3,8-9,15H2,1-2H3. The Balaban J connectivity index is 2.28. The number of aryl methyl sites for hydroxylation is 1. The second kappa shape index (κ2) is 7.02. The van der Waals surface area contributed by atoms with Crippen molar-refractivity contribution in [3.8, 4) is 5.75 Å². The summed E-state index contributed by atoms with van der Waals surface area (Å²) in [5.41, 5.74) is 4.78. The zero-order chi connectivity index (χ0) is 14.4. The number of ether oxygens (including phenoxy) is 1. The van der Waals surface area contributed by atoms with Crippen LogP contribution >= 0.6 is 0 Å². The molecule has 1 atom stereocenters. The lowest BCUT2D eigenvalue weighted by molar-refractivity contribution is 0.389. The summed E-state index contributed by atoms with van der Waals surface area (Å²) < 4.78 is 7.33. The maximum absolute atomic E-state index is 5.73. The molecule has 2 aromatic rings. The molecule has 20 heavy (non-hydrogen) atoms. The third-order valence-corrected chi connectivity index (χ3v) is 3.17. The Bertz CT molecular complexity index is 526. The molecule has 0 saturated carbocycles. The quantitative estimate of drug-likeness (QED) is 0.590. The maximum Gasteiger partial charge on any atom is 0.161 e. The van der Waals surface area contributed by atoms with Crippen LogP contribution in [-0.2, 0) is 13.0 Å². The molecule has 0 saturated heterocycles. The lowest BCUT2D eigenvalue weighted by atomic mass is 10.1. The van der Waals surface area contributed by atoms with Crippen molar-refractivity contribution in [2.24, 2.45) is 5.84 Å². The Morgan fingerprint density at radius 2 is 2.30 bits per heavy atom. The minimum absolute atomic E-state index is 0.0890. The van der Waals surface area contributed by atoms with E-state index in [0.29, 0.717) is 6.42 Å². The summed E-state index contributed by atoms with van der Waals surface area (Å²) in [4.78, 5) is 4.34. The number of nitrogens with zero attached hydrogens (tertiary/aromatic N) is 3. The van der Waals surface area contributed by atoms with Gasteiger partial charge in [-0.2, -0.15) is 5.10 Å². The van der Waals surface area contributed by atoms with Crippen LogP contribution in [0.2, 0.25) is 0 Å². The predicted octanol–water partition coefficient (Wildman–Crippen LogP) is 1.44. The zero-order valence-electron chi connectivity index (χ0n) is 11.9. The molecule has 0 bridgehead atoms. The topological polar surface area (TPSA) is 78.0 Å². The minimum atomic E-state index is -0.0890. The van der Waals surface area contributed by atoms with Crippen LogP contribution in [0.5, 0.6) is 5.75 Å². The van der Waals surface area contributed by atoms with E-state index < -0.39 is 0 Å². The number of pyridine rings is 1. The van der Waals surface area contributed by atoms with Crippen molar-refractivity contribution in [1.29, 1.82) is 0 Å². The number of aromatic nitrogens is 3. The summed E-state index contributed by atoms with van der Waals surface area (Å²) in [6.45, 7) is 2.95. The Labute approximate surface area is 118 Å². The molecule has 0 fully saturated rings. The largest absolute Gasteiger partial charge is 0.493 e. The third-order valence-electron chi connectivity index (χ3n) is 3.17. The van der Waals surface area contributed by atoms with E-state index in [1.54, 1.807) is 19.5 Å². The minimum Gasteiger partial charge on any atom is -0.493 e. The molecule has 6 nitrogen and oxygen atoms in total. The monoisotopic (exact) mass is 275 g/mol. The van der Waals surface area contributed by atoms with Crippen LogP contribution in [0.3, 0.4) is 0 Å². The van der Waals surface area contributed by atoms with Gasteiger partial charge in [-0.3, -0.25) is 20.9 Å². The van der Waals surface area contributed by atoms with E-state index in [2.05, 4.69) is 22.4 Å². The number of methoxy groups -OCH3 is 1. The van der Waals surface area contributed by atoms with E-state index in [4.69, 9.17) is 10.6 Å². The normalized spacial score (nSPS) is 12.3. The first-order valence-electron chi connectivity index (χ1n) is 6.75. The average molecular weight is 275 g/mol. The molecule has 108 valence electrons. The van der Waals surface area contributed by atoms with Crippen molar-refractivity contribution in [3.63, 3.8) is 0 Å². The van der Waals surface area contributed by atoms with E-state index in [-0.39, 0.29) is 6.04 Å². The lowest BCUT2D eigenvalue weighted by Gasteiger charge is -2.18. The highest BCUT2D eigenvalue weighted by molar-refractivity contribution is 5.29. The highest BCUT2D eigenvalue weighted by atomic mass is 16.5. The smallest absolute Gasteiger partial charge is 0.161 e. The Morgan fingerprint density at radius 3 is 2.90 bits per heavy atom. The number of nitrogens with two attached hydrogens (primary N) is 1. The zero-order valence-corrected chi connectivity index (χ0v) is 11.9. The lowest BCUT2D eigenvalue weighted by Crippen LogP contribution is -2.32.